The number of carbonyl (C=O) groups excluding carboxylic acids is 3. The van der Waals surface area contributed by atoms with Crippen molar-refractivity contribution in [2.24, 2.45) is 0 Å². The van der Waals surface area contributed by atoms with Gasteiger partial charge in [-0.25, -0.2) is 9.59 Å². The largest absolute Gasteiger partial charge is 0.452 e. The van der Waals surface area contributed by atoms with E-state index in [0.29, 0.717) is 5.56 Å². The molecule has 6 nitrogen and oxygen atoms in total. The Hall–Kier alpha value is -2.37. The lowest BCUT2D eigenvalue weighted by atomic mass is 10.0. The second-order valence-corrected chi connectivity index (χ2v) is 3.95. The third-order valence-electron chi connectivity index (χ3n) is 2.64. The van der Waals surface area contributed by atoms with Gasteiger partial charge in [0, 0.05) is 7.05 Å². The molecule has 19 heavy (non-hydrogen) atoms. The monoisotopic (exact) mass is 264 g/mol. The van der Waals surface area contributed by atoms with E-state index in [1.807, 2.05) is 18.3 Å². The highest BCUT2D eigenvalue weighted by Crippen LogP contribution is 2.13. The van der Waals surface area contributed by atoms with Gasteiger partial charge in [0.1, 0.15) is 0 Å². The molecule has 0 aliphatic heterocycles. The number of hydrogen-bond donors (Lipinski definition) is 2. The van der Waals surface area contributed by atoms with E-state index >= 15 is 0 Å². The molecule has 1 aromatic rings. The molecule has 6 heteroatoms. The highest BCUT2D eigenvalue weighted by Gasteiger charge is 2.14. The van der Waals surface area contributed by atoms with E-state index in [0.717, 1.165) is 11.1 Å². The van der Waals surface area contributed by atoms with Crippen molar-refractivity contribution in [1.29, 1.82) is 0 Å². The topological polar surface area (TPSA) is 84.5 Å². The second kappa shape index (κ2) is 6.53. The van der Waals surface area contributed by atoms with Crippen LogP contribution in [0.5, 0.6) is 0 Å². The van der Waals surface area contributed by atoms with E-state index in [2.05, 4.69) is 5.32 Å². The van der Waals surface area contributed by atoms with Crippen LogP contribution in [-0.2, 0) is 9.53 Å². The maximum absolute atomic E-state index is 11.8. The molecule has 1 aromatic carbocycles. The number of aryl methyl sites for hydroxylation is 1. The molecule has 0 bridgehead atoms. The van der Waals surface area contributed by atoms with Crippen molar-refractivity contribution in [2.45, 2.75) is 13.8 Å². The maximum atomic E-state index is 11.8. The molecular weight excluding hydrogens is 248 g/mol. The Morgan fingerprint density at radius 1 is 1.21 bits per heavy atom. The zero-order valence-electron chi connectivity index (χ0n) is 11.1. The van der Waals surface area contributed by atoms with Gasteiger partial charge in [-0.05, 0) is 31.0 Å². The summed E-state index contributed by atoms with van der Waals surface area (Å²) < 4.78 is 4.84. The normalized spacial score (nSPS) is 9.63. The van der Waals surface area contributed by atoms with Crippen molar-refractivity contribution in [3.63, 3.8) is 0 Å². The molecule has 0 aromatic heterocycles. The zero-order chi connectivity index (χ0) is 14.4. The second-order valence-electron chi connectivity index (χ2n) is 3.95. The molecule has 1 rings (SSSR count). The number of nitrogens with one attached hydrogen (secondary N) is 2. The van der Waals surface area contributed by atoms with E-state index in [1.54, 1.807) is 19.1 Å². The minimum absolute atomic E-state index is 0.410. The molecule has 0 aliphatic rings. The standard InChI is InChI=1S/C13H16N2O4/c1-8-5-4-6-10(9(8)2)12(17)19-7-11(16)15-13(18)14-3/h4-6H,7H2,1-3H3,(H2,14,15,16,18). The van der Waals surface area contributed by atoms with Gasteiger partial charge in [-0.15, -0.1) is 0 Å². The van der Waals surface area contributed by atoms with Gasteiger partial charge in [-0.1, -0.05) is 12.1 Å². The highest BCUT2D eigenvalue weighted by atomic mass is 16.5. The van der Waals surface area contributed by atoms with Gasteiger partial charge < -0.3 is 10.1 Å². The Kier molecular flexibility index (Phi) is 5.05. The number of esters is 1. The number of ether oxygens (including phenoxy) is 1. The van der Waals surface area contributed by atoms with Crippen LogP contribution >= 0.6 is 0 Å². The summed E-state index contributed by atoms with van der Waals surface area (Å²) in [7, 11) is 1.38. The fraction of sp³-hybridized carbons (Fsp3) is 0.308. The first kappa shape index (κ1) is 14.7. The van der Waals surface area contributed by atoms with Gasteiger partial charge >= 0.3 is 12.0 Å². The van der Waals surface area contributed by atoms with Crippen molar-refractivity contribution >= 4 is 17.9 Å². The predicted octanol–water partition coefficient (Wildman–Crippen LogP) is 0.916. The number of rotatable bonds is 3. The van der Waals surface area contributed by atoms with Gasteiger partial charge in [-0.2, -0.15) is 0 Å². The fourth-order valence-electron chi connectivity index (χ4n) is 1.41. The summed E-state index contributed by atoms with van der Waals surface area (Å²) in [6.07, 6.45) is 0. The lowest BCUT2D eigenvalue weighted by molar-refractivity contribution is -0.123. The molecule has 0 atom stereocenters. The van der Waals surface area contributed by atoms with Crippen LogP contribution < -0.4 is 10.6 Å². The van der Waals surface area contributed by atoms with Crippen molar-refractivity contribution in [1.82, 2.24) is 10.6 Å². The third-order valence-corrected chi connectivity index (χ3v) is 2.64. The number of imide groups is 1. The Bertz CT molecular complexity index is 511. The molecule has 0 saturated carbocycles. The SMILES string of the molecule is CNC(=O)NC(=O)COC(=O)c1cccc(C)c1C. The van der Waals surface area contributed by atoms with Crippen molar-refractivity contribution in [3.05, 3.63) is 34.9 Å². The Labute approximate surface area is 111 Å². The molecule has 0 spiro atoms. The lowest BCUT2D eigenvalue weighted by Gasteiger charge is -2.08. The minimum Gasteiger partial charge on any atom is -0.452 e. The van der Waals surface area contributed by atoms with Crippen LogP contribution in [0.3, 0.4) is 0 Å². The molecule has 3 amide bonds. The average molecular weight is 264 g/mol. The van der Waals surface area contributed by atoms with Crippen molar-refractivity contribution in [3.8, 4) is 0 Å². The van der Waals surface area contributed by atoms with Crippen LogP contribution in [0.15, 0.2) is 18.2 Å². The quantitative estimate of drug-likeness (QED) is 0.795. The first-order chi connectivity index (χ1) is 8.95. The van der Waals surface area contributed by atoms with E-state index in [1.165, 1.54) is 7.05 Å². The molecular formula is C13H16N2O4. The van der Waals surface area contributed by atoms with Crippen LogP contribution in [0.25, 0.3) is 0 Å². The number of urea groups is 1. The molecule has 102 valence electrons. The number of hydrogen-bond acceptors (Lipinski definition) is 4. The Morgan fingerprint density at radius 2 is 1.89 bits per heavy atom. The molecule has 0 aliphatic carbocycles. The van der Waals surface area contributed by atoms with E-state index in [4.69, 9.17) is 4.74 Å². The summed E-state index contributed by atoms with van der Waals surface area (Å²) in [6.45, 7) is 3.18. The Morgan fingerprint density at radius 3 is 2.53 bits per heavy atom. The van der Waals surface area contributed by atoms with Crippen molar-refractivity contribution < 1.29 is 19.1 Å². The number of amides is 3. The molecule has 0 heterocycles. The van der Waals surface area contributed by atoms with Crippen LogP contribution in [0.1, 0.15) is 21.5 Å². The van der Waals surface area contributed by atoms with E-state index in [-0.39, 0.29) is 0 Å². The predicted molar refractivity (Wildman–Crippen MR) is 68.8 cm³/mol. The summed E-state index contributed by atoms with van der Waals surface area (Å²) in [4.78, 5) is 33.9. The van der Waals surface area contributed by atoms with Crippen LogP contribution in [0.2, 0.25) is 0 Å². The van der Waals surface area contributed by atoms with Crippen LogP contribution in [-0.4, -0.2) is 31.6 Å². The summed E-state index contributed by atoms with van der Waals surface area (Å²) in [5.74, 6) is -1.27. The minimum atomic E-state index is -0.682. The van der Waals surface area contributed by atoms with E-state index in [9.17, 15) is 14.4 Å². The number of benzene rings is 1. The Balaban J connectivity index is 2.59. The number of carbonyl (C=O) groups is 3. The first-order valence-electron chi connectivity index (χ1n) is 5.70. The average Bonchev–Trinajstić information content (AvgIpc) is 2.39. The van der Waals surface area contributed by atoms with Gasteiger partial charge in [0.2, 0.25) is 0 Å². The summed E-state index contributed by atoms with van der Waals surface area (Å²) >= 11 is 0. The fourth-order valence-corrected chi connectivity index (χ4v) is 1.41. The summed E-state index contributed by atoms with van der Waals surface area (Å²) in [5, 5.41) is 4.22. The third kappa shape index (κ3) is 4.09. The molecule has 0 fully saturated rings. The van der Waals surface area contributed by atoms with Gasteiger partial charge in [-0.3, -0.25) is 10.1 Å². The highest BCUT2D eigenvalue weighted by molar-refractivity contribution is 5.97. The van der Waals surface area contributed by atoms with Crippen molar-refractivity contribution in [2.75, 3.05) is 13.7 Å². The smallest absolute Gasteiger partial charge is 0.338 e. The molecule has 0 radical (unpaired) electrons. The van der Waals surface area contributed by atoms with E-state index < -0.39 is 24.5 Å². The first-order valence-corrected chi connectivity index (χ1v) is 5.70. The summed E-state index contributed by atoms with van der Waals surface area (Å²) in [5.41, 5.74) is 2.18. The van der Waals surface area contributed by atoms with Gasteiger partial charge in [0.05, 0.1) is 5.56 Å². The lowest BCUT2D eigenvalue weighted by Crippen LogP contribution is -2.39. The van der Waals surface area contributed by atoms with Gasteiger partial charge in [0.25, 0.3) is 5.91 Å². The van der Waals surface area contributed by atoms with Crippen LogP contribution in [0.4, 0.5) is 4.79 Å². The maximum Gasteiger partial charge on any atom is 0.338 e. The van der Waals surface area contributed by atoms with Gasteiger partial charge in [0.15, 0.2) is 6.61 Å². The molecule has 0 saturated heterocycles. The molecule has 2 N–H and O–H groups in total. The summed E-state index contributed by atoms with van der Waals surface area (Å²) in [6, 6.07) is 4.60. The molecule has 0 unspecified atom stereocenters. The van der Waals surface area contributed by atoms with Crippen LogP contribution in [0, 0.1) is 13.8 Å². The zero-order valence-corrected chi connectivity index (χ0v) is 11.1.